The molecule has 32 heavy (non-hydrogen) atoms. The molecule has 0 unspecified atom stereocenters. The van der Waals surface area contributed by atoms with Gasteiger partial charge in [-0.25, -0.2) is 4.57 Å². The highest BCUT2D eigenvalue weighted by molar-refractivity contribution is 6.11. The Hall–Kier alpha value is -3.13. The topological polar surface area (TPSA) is 9.03 Å². The Kier molecular flexibility index (Phi) is 4.85. The number of pyridine rings is 1. The third kappa shape index (κ3) is 2.82. The smallest absolute Gasteiger partial charge is 0.224 e. The van der Waals surface area contributed by atoms with Gasteiger partial charge in [-0.2, -0.15) is 4.40 Å². The minimum atomic E-state index is 0.354. The Morgan fingerprint density at radius 2 is 1.34 bits per heavy atom. The number of hydrogen-bond acceptors (Lipinski definition) is 0. The number of benzene rings is 3. The van der Waals surface area contributed by atoms with Crippen molar-refractivity contribution in [2.75, 3.05) is 0 Å². The lowest BCUT2D eigenvalue weighted by molar-refractivity contribution is -0.467. The lowest BCUT2D eigenvalue weighted by Gasteiger charge is -2.14. The molecule has 3 aromatic carbocycles. The van der Waals surface area contributed by atoms with E-state index in [1.54, 1.807) is 0 Å². The summed E-state index contributed by atoms with van der Waals surface area (Å²) >= 11 is 0. The second kappa shape index (κ2) is 7.48. The second-order valence-electron chi connectivity index (χ2n) is 9.77. The molecule has 0 aliphatic carbocycles. The van der Waals surface area contributed by atoms with Gasteiger partial charge in [0.05, 0.1) is 11.4 Å². The van der Waals surface area contributed by atoms with Crippen LogP contribution in [0.3, 0.4) is 0 Å². The maximum atomic E-state index is 2.56. The second-order valence-corrected chi connectivity index (χ2v) is 9.77. The van der Waals surface area contributed by atoms with Crippen LogP contribution in [-0.4, -0.2) is 4.57 Å². The lowest BCUT2D eigenvalue weighted by Crippen LogP contribution is -2.26. The van der Waals surface area contributed by atoms with Crippen LogP contribution in [0.4, 0.5) is 0 Å². The number of fused-ring (bicyclic) bond motifs is 6. The van der Waals surface area contributed by atoms with Gasteiger partial charge in [0, 0.05) is 23.3 Å². The highest BCUT2D eigenvalue weighted by Crippen LogP contribution is 2.38. The Bertz CT molecular complexity index is 1480. The molecule has 5 aromatic rings. The molecule has 0 fully saturated rings. The molecule has 2 nitrogen and oxygen atoms in total. The van der Waals surface area contributed by atoms with E-state index in [1.165, 1.54) is 61.0 Å². The lowest BCUT2D eigenvalue weighted by atomic mass is 9.94. The minimum Gasteiger partial charge on any atom is -0.224 e. The van der Waals surface area contributed by atoms with Crippen molar-refractivity contribution in [3.63, 3.8) is 0 Å². The van der Waals surface area contributed by atoms with Crippen LogP contribution in [-0.2, 0) is 0 Å². The number of rotatable bonds is 3. The van der Waals surface area contributed by atoms with Crippen molar-refractivity contribution in [2.45, 2.75) is 60.4 Å². The van der Waals surface area contributed by atoms with Gasteiger partial charge >= 0.3 is 0 Å². The molecule has 0 radical (unpaired) electrons. The number of aromatic nitrogens is 2. The van der Waals surface area contributed by atoms with Gasteiger partial charge in [0.2, 0.25) is 0 Å². The van der Waals surface area contributed by atoms with Crippen molar-refractivity contribution < 1.29 is 4.40 Å². The zero-order valence-electron chi connectivity index (χ0n) is 20.3. The van der Waals surface area contributed by atoms with E-state index >= 15 is 0 Å². The molecule has 162 valence electrons. The standard InChI is InChI=1S/C30H33N2/c1-18(2)23-15-11-16-25-24-14-8-9-17-26(24)32-29(27-20(5)12-10-13-21(27)6)22(7)31(19(3)4)30(32)28(23)25/h8-19H,1-7H3/q+1. The summed E-state index contributed by atoms with van der Waals surface area (Å²) in [4.78, 5) is 0. The summed E-state index contributed by atoms with van der Waals surface area (Å²) in [5.74, 6) is 0.447. The molecule has 0 aliphatic rings. The summed E-state index contributed by atoms with van der Waals surface area (Å²) in [6.07, 6.45) is 0. The third-order valence-electron chi connectivity index (χ3n) is 6.98. The molecular formula is C30H33N2+. The zero-order valence-corrected chi connectivity index (χ0v) is 20.3. The average Bonchev–Trinajstić information content (AvgIpc) is 3.06. The monoisotopic (exact) mass is 421 g/mol. The van der Waals surface area contributed by atoms with Crippen LogP contribution in [0.15, 0.2) is 60.7 Å². The van der Waals surface area contributed by atoms with Gasteiger partial charge < -0.3 is 0 Å². The predicted octanol–water partition coefficient (Wildman–Crippen LogP) is 7.83. The number of para-hydroxylation sites is 1. The molecule has 0 aliphatic heterocycles. The molecule has 0 amide bonds. The fourth-order valence-electron chi connectivity index (χ4n) is 5.65. The number of nitrogens with zero attached hydrogens (tertiary/aromatic N) is 2. The highest BCUT2D eigenvalue weighted by atomic mass is 15.2. The number of imidazole rings is 1. The molecule has 0 N–H and O–H groups in total. The first-order chi connectivity index (χ1) is 15.3. The fraction of sp³-hybridized carbons (Fsp3) is 0.300. The Balaban J connectivity index is 2.19. The van der Waals surface area contributed by atoms with Crippen molar-refractivity contribution in [3.8, 4) is 11.3 Å². The van der Waals surface area contributed by atoms with Gasteiger partial charge in [-0.15, -0.1) is 0 Å². The van der Waals surface area contributed by atoms with Crippen LogP contribution in [0.25, 0.3) is 38.6 Å². The van der Waals surface area contributed by atoms with Crippen molar-refractivity contribution in [2.24, 2.45) is 0 Å². The van der Waals surface area contributed by atoms with Crippen LogP contribution in [0.1, 0.15) is 62.0 Å². The minimum absolute atomic E-state index is 0.354. The number of aryl methyl sites for hydroxylation is 2. The van der Waals surface area contributed by atoms with E-state index in [0.717, 1.165) is 0 Å². The molecule has 0 saturated heterocycles. The molecule has 2 aromatic heterocycles. The predicted molar refractivity (Wildman–Crippen MR) is 137 cm³/mol. The molecule has 0 saturated carbocycles. The van der Waals surface area contributed by atoms with E-state index in [9.17, 15) is 0 Å². The number of hydrogen-bond donors (Lipinski definition) is 0. The molecule has 0 atom stereocenters. The van der Waals surface area contributed by atoms with Gasteiger partial charge in [-0.05, 0) is 56.4 Å². The molecule has 2 heteroatoms. The van der Waals surface area contributed by atoms with E-state index in [4.69, 9.17) is 0 Å². The van der Waals surface area contributed by atoms with Crippen LogP contribution in [0, 0.1) is 20.8 Å². The summed E-state index contributed by atoms with van der Waals surface area (Å²) in [5.41, 5.74) is 10.7. The molecule has 0 bridgehead atoms. The maximum Gasteiger partial charge on any atom is 0.295 e. The first-order valence-corrected chi connectivity index (χ1v) is 11.8. The van der Waals surface area contributed by atoms with Crippen molar-refractivity contribution in [3.05, 3.63) is 83.0 Å². The fourth-order valence-corrected chi connectivity index (χ4v) is 5.65. The average molecular weight is 422 g/mol. The Morgan fingerprint density at radius 3 is 2.00 bits per heavy atom. The van der Waals surface area contributed by atoms with E-state index < -0.39 is 0 Å². The largest absolute Gasteiger partial charge is 0.295 e. The zero-order chi connectivity index (χ0) is 22.7. The van der Waals surface area contributed by atoms with Crippen molar-refractivity contribution >= 4 is 27.3 Å². The van der Waals surface area contributed by atoms with E-state index in [0.29, 0.717) is 12.0 Å². The quantitative estimate of drug-likeness (QED) is 0.207. The SMILES string of the molecule is Cc1cccc(C)c1-c1c(C)n(C(C)C)c2c3c(C(C)C)cccc3c3ccccc3[n+]12. The molecule has 5 rings (SSSR count). The summed E-state index contributed by atoms with van der Waals surface area (Å²) < 4.78 is 5.11. The summed E-state index contributed by atoms with van der Waals surface area (Å²) in [5, 5.41) is 4.05. The van der Waals surface area contributed by atoms with Crippen LogP contribution in [0.5, 0.6) is 0 Å². The van der Waals surface area contributed by atoms with E-state index in [2.05, 4.69) is 118 Å². The van der Waals surface area contributed by atoms with Gasteiger partial charge in [0.1, 0.15) is 11.2 Å². The maximum absolute atomic E-state index is 2.56. The van der Waals surface area contributed by atoms with Gasteiger partial charge in [-0.3, -0.25) is 0 Å². The van der Waals surface area contributed by atoms with Crippen LogP contribution >= 0.6 is 0 Å². The van der Waals surface area contributed by atoms with Gasteiger partial charge in [0.25, 0.3) is 5.65 Å². The Morgan fingerprint density at radius 1 is 0.719 bits per heavy atom. The van der Waals surface area contributed by atoms with Crippen LogP contribution < -0.4 is 4.40 Å². The van der Waals surface area contributed by atoms with Crippen molar-refractivity contribution in [1.29, 1.82) is 0 Å². The van der Waals surface area contributed by atoms with E-state index in [-0.39, 0.29) is 0 Å². The molecule has 2 heterocycles. The summed E-state index contributed by atoms with van der Waals surface area (Å²) in [6, 6.07) is 22.7. The first-order valence-electron chi connectivity index (χ1n) is 11.8. The van der Waals surface area contributed by atoms with E-state index in [1.807, 2.05) is 0 Å². The summed E-state index contributed by atoms with van der Waals surface area (Å²) in [7, 11) is 0. The highest BCUT2D eigenvalue weighted by Gasteiger charge is 2.32. The van der Waals surface area contributed by atoms with Crippen LogP contribution in [0.2, 0.25) is 0 Å². The third-order valence-corrected chi connectivity index (χ3v) is 6.98. The normalized spacial score (nSPS) is 12.2. The van der Waals surface area contributed by atoms with Gasteiger partial charge in [-0.1, -0.05) is 68.4 Å². The first kappa shape index (κ1) is 20.8. The molecule has 0 spiro atoms. The Labute approximate surface area is 191 Å². The summed E-state index contributed by atoms with van der Waals surface area (Å²) in [6.45, 7) is 16.0. The molecular weight excluding hydrogens is 388 g/mol. The van der Waals surface area contributed by atoms with Gasteiger partial charge in [0.15, 0.2) is 5.69 Å². The van der Waals surface area contributed by atoms with Crippen molar-refractivity contribution in [1.82, 2.24) is 4.57 Å².